The second kappa shape index (κ2) is 8.65. The summed E-state index contributed by atoms with van der Waals surface area (Å²) >= 11 is -0.637. The Kier molecular flexibility index (Phi) is 6.41. The average Bonchev–Trinajstić information content (AvgIpc) is 2.68. The SMILES string of the molecule is COC[C@H](O)C[As]c1ncc(-c2ccc(C(F)(F)F)cc2)c2ncn(C)c(=O)c12. The molecule has 0 unspecified atom stereocenters. The Morgan fingerprint density at radius 1 is 1.24 bits per heavy atom. The van der Waals surface area contributed by atoms with Crippen molar-refractivity contribution in [3.05, 3.63) is 52.7 Å². The van der Waals surface area contributed by atoms with Gasteiger partial charge in [0.15, 0.2) is 0 Å². The Hall–Kier alpha value is -2.22. The molecule has 0 saturated carbocycles. The number of fused-ring (bicyclic) bond motifs is 1. The van der Waals surface area contributed by atoms with Crippen molar-refractivity contribution in [2.75, 3.05) is 13.7 Å². The van der Waals surface area contributed by atoms with Crippen LogP contribution in [0.5, 0.6) is 0 Å². The monoisotopic (exact) mass is 468 g/mol. The standard InChI is InChI=1S/C19H18AsF3N3O3/c1-26-10-25-16-14(11-3-5-12(6-4-11)19(21,22)23)8-24-17(15(16)18(26)28)20-7-13(27)9-29-2/h3-6,8,10,13,27H,7,9H2,1-2H3/t13-/m1/s1. The van der Waals surface area contributed by atoms with Crippen molar-refractivity contribution >= 4 is 31.1 Å². The molecule has 0 fully saturated rings. The zero-order valence-electron chi connectivity index (χ0n) is 15.6. The molecule has 153 valence electrons. The molecule has 0 saturated heterocycles. The molecular formula is C19H18AsF3N3O3. The van der Waals surface area contributed by atoms with E-state index in [0.29, 0.717) is 31.7 Å². The van der Waals surface area contributed by atoms with Gasteiger partial charge in [0, 0.05) is 0 Å². The van der Waals surface area contributed by atoms with Gasteiger partial charge in [0.1, 0.15) is 0 Å². The van der Waals surface area contributed by atoms with Gasteiger partial charge >= 0.3 is 171 Å². The molecule has 1 atom stereocenters. The van der Waals surface area contributed by atoms with E-state index in [-0.39, 0.29) is 12.2 Å². The van der Waals surface area contributed by atoms with Crippen LogP contribution in [0.3, 0.4) is 0 Å². The fourth-order valence-electron chi connectivity index (χ4n) is 2.80. The van der Waals surface area contributed by atoms with E-state index in [1.165, 1.54) is 36.3 Å². The summed E-state index contributed by atoms with van der Waals surface area (Å²) < 4.78 is 45.3. The van der Waals surface area contributed by atoms with E-state index in [4.69, 9.17) is 4.74 Å². The van der Waals surface area contributed by atoms with E-state index in [1.54, 1.807) is 7.05 Å². The molecular weight excluding hydrogens is 450 g/mol. The predicted octanol–water partition coefficient (Wildman–Crippen LogP) is 1.77. The number of aromatic nitrogens is 3. The van der Waals surface area contributed by atoms with Crippen molar-refractivity contribution in [3.63, 3.8) is 0 Å². The summed E-state index contributed by atoms with van der Waals surface area (Å²) in [6.07, 6.45) is -2.19. The number of rotatable bonds is 6. The maximum atomic E-state index is 12.8. The summed E-state index contributed by atoms with van der Waals surface area (Å²) in [5, 5.41) is 10.7. The minimum absolute atomic E-state index is 0.188. The van der Waals surface area contributed by atoms with Crippen LogP contribution in [0.1, 0.15) is 5.56 Å². The summed E-state index contributed by atoms with van der Waals surface area (Å²) in [4.78, 5) is 21.5. The van der Waals surface area contributed by atoms with Crippen molar-refractivity contribution in [1.82, 2.24) is 14.5 Å². The number of aliphatic hydroxyl groups excluding tert-OH is 1. The van der Waals surface area contributed by atoms with Crippen LogP contribution in [0, 0.1) is 0 Å². The van der Waals surface area contributed by atoms with Gasteiger partial charge in [-0.15, -0.1) is 0 Å². The summed E-state index contributed by atoms with van der Waals surface area (Å²) in [7, 11) is 3.06. The Balaban J connectivity index is 2.08. The Bertz CT molecular complexity index is 1070. The van der Waals surface area contributed by atoms with Crippen LogP contribution in [0.15, 0.2) is 41.6 Å². The van der Waals surface area contributed by atoms with E-state index < -0.39 is 33.6 Å². The van der Waals surface area contributed by atoms with Gasteiger partial charge in [-0.3, -0.25) is 0 Å². The van der Waals surface area contributed by atoms with E-state index in [0.717, 1.165) is 12.1 Å². The van der Waals surface area contributed by atoms with Gasteiger partial charge in [-0.05, 0) is 0 Å². The fraction of sp³-hybridized carbons (Fsp3) is 0.316. The van der Waals surface area contributed by atoms with Crippen LogP contribution in [-0.2, 0) is 18.0 Å². The maximum absolute atomic E-state index is 12.8. The summed E-state index contributed by atoms with van der Waals surface area (Å²) in [5.74, 6) is 0. The topological polar surface area (TPSA) is 77.2 Å². The third-order valence-corrected chi connectivity index (χ3v) is 6.87. The van der Waals surface area contributed by atoms with Crippen LogP contribution < -0.4 is 10.0 Å². The van der Waals surface area contributed by atoms with E-state index in [2.05, 4.69) is 9.97 Å². The number of pyridine rings is 1. The first-order chi connectivity index (χ1) is 13.7. The van der Waals surface area contributed by atoms with Gasteiger partial charge in [0.25, 0.3) is 0 Å². The second-order valence-electron chi connectivity index (χ2n) is 6.40. The number of ether oxygens (including phenoxy) is 1. The summed E-state index contributed by atoms with van der Waals surface area (Å²) in [6.45, 7) is 0.188. The molecule has 29 heavy (non-hydrogen) atoms. The number of hydrogen-bond donors (Lipinski definition) is 1. The number of methoxy groups -OCH3 is 1. The van der Waals surface area contributed by atoms with Crippen molar-refractivity contribution in [1.29, 1.82) is 0 Å². The quantitative estimate of drug-likeness (QED) is 0.559. The van der Waals surface area contributed by atoms with Gasteiger partial charge in [-0.1, -0.05) is 0 Å². The molecule has 2 aromatic heterocycles. The first-order valence-corrected chi connectivity index (χ1v) is 10.9. The molecule has 6 nitrogen and oxygen atoms in total. The first-order valence-electron chi connectivity index (χ1n) is 8.59. The molecule has 1 radical (unpaired) electrons. The van der Waals surface area contributed by atoms with Crippen molar-refractivity contribution in [3.8, 4) is 11.1 Å². The number of alkyl halides is 3. The number of aryl methyl sites for hydroxylation is 1. The number of benzene rings is 1. The summed E-state index contributed by atoms with van der Waals surface area (Å²) in [6, 6.07) is 4.66. The van der Waals surface area contributed by atoms with Crippen LogP contribution >= 0.6 is 0 Å². The molecule has 0 spiro atoms. The van der Waals surface area contributed by atoms with Crippen LogP contribution in [-0.4, -0.2) is 55.2 Å². The Morgan fingerprint density at radius 3 is 2.55 bits per heavy atom. The van der Waals surface area contributed by atoms with Crippen LogP contribution in [0.4, 0.5) is 13.2 Å². The van der Waals surface area contributed by atoms with Crippen LogP contribution in [0.25, 0.3) is 22.0 Å². The molecule has 0 aliphatic rings. The third kappa shape index (κ3) is 4.68. The molecule has 0 amide bonds. The number of halogens is 3. The third-order valence-electron chi connectivity index (χ3n) is 4.26. The predicted molar refractivity (Wildman–Crippen MR) is 103 cm³/mol. The molecule has 0 bridgehead atoms. The van der Waals surface area contributed by atoms with Gasteiger partial charge in [-0.2, -0.15) is 0 Å². The van der Waals surface area contributed by atoms with Crippen molar-refractivity contribution < 1.29 is 23.0 Å². The molecule has 0 aliphatic carbocycles. The summed E-state index contributed by atoms with van der Waals surface area (Å²) in [5.41, 5.74) is 0.306. The Labute approximate surface area is 171 Å². The van der Waals surface area contributed by atoms with E-state index >= 15 is 0 Å². The number of nitrogens with zero attached hydrogens (tertiary/aromatic N) is 3. The first kappa shape index (κ1) is 21.5. The van der Waals surface area contributed by atoms with E-state index in [1.807, 2.05) is 0 Å². The molecule has 3 aromatic rings. The normalized spacial score (nSPS) is 13.4. The molecule has 1 aromatic carbocycles. The average molecular weight is 468 g/mol. The zero-order chi connectivity index (χ0) is 21.2. The van der Waals surface area contributed by atoms with Gasteiger partial charge in [0.05, 0.1) is 0 Å². The molecule has 0 aliphatic heterocycles. The van der Waals surface area contributed by atoms with Crippen molar-refractivity contribution in [2.24, 2.45) is 7.05 Å². The van der Waals surface area contributed by atoms with Gasteiger partial charge < -0.3 is 0 Å². The van der Waals surface area contributed by atoms with Gasteiger partial charge in [0.2, 0.25) is 0 Å². The number of aliphatic hydroxyl groups is 1. The zero-order valence-corrected chi connectivity index (χ0v) is 17.5. The molecule has 3 rings (SSSR count). The minimum atomic E-state index is -4.43. The fourth-order valence-corrected chi connectivity index (χ4v) is 4.88. The van der Waals surface area contributed by atoms with Gasteiger partial charge in [-0.25, -0.2) is 0 Å². The Morgan fingerprint density at radius 2 is 1.93 bits per heavy atom. The molecule has 2 heterocycles. The molecule has 10 heteroatoms. The van der Waals surface area contributed by atoms with Crippen LogP contribution in [0.2, 0.25) is 5.21 Å². The van der Waals surface area contributed by atoms with Crippen molar-refractivity contribution in [2.45, 2.75) is 17.5 Å². The second-order valence-corrected chi connectivity index (χ2v) is 8.72. The molecule has 1 N–H and O–H groups in total. The number of hydrogen-bond acceptors (Lipinski definition) is 5. The van der Waals surface area contributed by atoms with E-state index in [9.17, 15) is 23.1 Å².